The van der Waals surface area contributed by atoms with Crippen molar-refractivity contribution in [1.82, 2.24) is 0 Å². The molecule has 31 heavy (non-hydrogen) atoms. The molecule has 0 fully saturated rings. The Kier molecular flexibility index (Phi) is 9.95. The van der Waals surface area contributed by atoms with Crippen LogP contribution in [-0.2, 0) is 5.41 Å². The minimum Gasteiger partial charge on any atom is -0.496 e. The summed E-state index contributed by atoms with van der Waals surface area (Å²) >= 11 is 0. The lowest BCUT2D eigenvalue weighted by atomic mass is 9.86. The number of nitrogens with one attached hydrogen (secondary N) is 1. The highest BCUT2D eigenvalue weighted by Gasteiger charge is 2.14. The number of hydrazine groups is 1. The van der Waals surface area contributed by atoms with E-state index in [4.69, 9.17) is 26.5 Å². The number of aryl methyl sites for hydroxylation is 1. The van der Waals surface area contributed by atoms with Crippen molar-refractivity contribution in [2.45, 2.75) is 33.1 Å². The second kappa shape index (κ2) is 11.9. The summed E-state index contributed by atoms with van der Waals surface area (Å²) in [5.74, 6) is 5.91. The largest absolute Gasteiger partial charge is 0.496 e. The molecular weight excluding hydrogens is 394 g/mol. The number of carbonyl (C=O) groups excluding carboxylic acids is 1. The van der Waals surface area contributed by atoms with E-state index >= 15 is 0 Å². The third kappa shape index (κ3) is 7.57. The highest BCUT2D eigenvalue weighted by molar-refractivity contribution is 6.00. The number of aliphatic hydroxyl groups excluding tert-OH is 1. The van der Waals surface area contributed by atoms with Gasteiger partial charge in [-0.05, 0) is 53.1 Å². The van der Waals surface area contributed by atoms with Gasteiger partial charge in [0.05, 0.1) is 12.8 Å². The summed E-state index contributed by atoms with van der Waals surface area (Å²) in [4.78, 5) is 11.0. The van der Waals surface area contributed by atoms with Crippen LogP contribution in [0.25, 0.3) is 10.8 Å². The lowest BCUT2D eigenvalue weighted by molar-refractivity contribution is 0.0773. The number of nitrogens with two attached hydrogens (primary N) is 2. The molecule has 7 nitrogen and oxygen atoms in total. The zero-order valence-corrected chi connectivity index (χ0v) is 18.8. The summed E-state index contributed by atoms with van der Waals surface area (Å²) < 4.78 is 5.21. The first-order chi connectivity index (χ1) is 14.6. The summed E-state index contributed by atoms with van der Waals surface area (Å²) in [6.45, 7) is 7.98. The van der Waals surface area contributed by atoms with E-state index in [9.17, 15) is 4.79 Å². The molecule has 0 radical (unpaired) electrons. The van der Waals surface area contributed by atoms with Gasteiger partial charge >= 0.3 is 0 Å². The number of nitrogen functional groups attached to an aromatic ring is 1. The molecule has 0 aliphatic carbocycles. The van der Waals surface area contributed by atoms with Gasteiger partial charge in [0, 0.05) is 12.4 Å². The first kappa shape index (κ1) is 25.9. The molecule has 7 heteroatoms. The van der Waals surface area contributed by atoms with Crippen LogP contribution in [0, 0.1) is 6.92 Å². The van der Waals surface area contributed by atoms with E-state index in [-0.39, 0.29) is 6.84 Å². The molecule has 3 aromatic carbocycles. The maximum Gasteiger partial charge on any atom is 0.248 e. The maximum absolute atomic E-state index is 11.0. The number of hydrogen-bond donors (Lipinski definition) is 5. The van der Waals surface area contributed by atoms with Crippen LogP contribution in [0.2, 0.25) is 0 Å². The number of primary amides is 1. The fourth-order valence-corrected chi connectivity index (χ4v) is 2.91. The Morgan fingerprint density at radius 3 is 2.23 bits per heavy atom. The minimum absolute atomic E-state index is 0. The summed E-state index contributed by atoms with van der Waals surface area (Å²) in [6, 6.07) is 17.3. The average molecular weight is 430 g/mol. The van der Waals surface area contributed by atoms with Crippen LogP contribution in [0.15, 0.2) is 54.6 Å². The van der Waals surface area contributed by atoms with Crippen molar-refractivity contribution in [3.05, 3.63) is 71.3 Å². The van der Waals surface area contributed by atoms with E-state index in [0.717, 1.165) is 22.2 Å². The summed E-state index contributed by atoms with van der Waals surface area (Å²) in [7, 11) is 1.71. The third-order valence-corrected chi connectivity index (χ3v) is 4.58. The third-order valence-electron chi connectivity index (χ3n) is 4.58. The van der Waals surface area contributed by atoms with Crippen molar-refractivity contribution in [2.24, 2.45) is 11.6 Å². The van der Waals surface area contributed by atoms with E-state index in [0.29, 0.717) is 5.56 Å². The second-order valence-corrected chi connectivity index (χ2v) is 7.83. The lowest BCUT2D eigenvalue weighted by Crippen LogP contribution is -2.11. The average Bonchev–Trinajstić information content (AvgIpc) is 2.73. The Morgan fingerprint density at radius 1 is 1.10 bits per heavy atom. The zero-order valence-electron chi connectivity index (χ0n) is 18.8. The van der Waals surface area contributed by atoms with Gasteiger partial charge in [0.2, 0.25) is 5.91 Å². The molecule has 0 unspecified atom stereocenters. The molecule has 3 aromatic rings. The topological polar surface area (TPSA) is 131 Å². The predicted octanol–water partition coefficient (Wildman–Crippen LogP) is 3.70. The number of amides is 1. The van der Waals surface area contributed by atoms with E-state index in [1.54, 1.807) is 19.2 Å². The summed E-state index contributed by atoms with van der Waals surface area (Å²) in [5, 5.41) is 16.1. The van der Waals surface area contributed by atoms with Crippen LogP contribution in [0.5, 0.6) is 5.75 Å². The standard InChI is InChI=1S/C12H18O.C11H11N3O.CH4O2.H2/c1-9-8-10(12(2,3)4)6-7-11(9)13-5;12-11(15)8-4-5-9-7(6-8)2-1-3-10(9)14-13;2-1-3;/h6-8H,1-5H3;1-6,14H,13H2,(H2,12,15);2-3H,1H2;1H. The van der Waals surface area contributed by atoms with Crippen molar-refractivity contribution in [1.29, 1.82) is 0 Å². The van der Waals surface area contributed by atoms with Crippen LogP contribution < -0.4 is 21.7 Å². The van der Waals surface area contributed by atoms with Crippen LogP contribution >= 0.6 is 0 Å². The first-order valence-corrected chi connectivity index (χ1v) is 9.75. The molecule has 0 aliphatic rings. The number of aliphatic hydroxyl groups is 2. The SMILES string of the molecule is COc1ccc(C(C)(C)C)cc1C.NNc1cccc2cc(C(N)=O)ccc12.OCO.[HH]. The van der Waals surface area contributed by atoms with Gasteiger partial charge < -0.3 is 26.1 Å². The van der Waals surface area contributed by atoms with Crippen molar-refractivity contribution >= 4 is 22.4 Å². The summed E-state index contributed by atoms with van der Waals surface area (Å²) in [5.41, 5.74) is 11.9. The molecule has 0 heterocycles. The molecule has 0 bridgehead atoms. The molecular formula is C24H35N3O4. The number of ether oxygens (including phenoxy) is 1. The van der Waals surface area contributed by atoms with E-state index in [1.165, 1.54) is 11.1 Å². The Bertz CT molecular complexity index is 1000. The van der Waals surface area contributed by atoms with Gasteiger partial charge in [-0.2, -0.15) is 0 Å². The number of benzene rings is 3. The van der Waals surface area contributed by atoms with Crippen molar-refractivity contribution < 1.29 is 21.2 Å². The Hall–Kier alpha value is -3.13. The lowest BCUT2D eigenvalue weighted by Gasteiger charge is -2.20. The monoisotopic (exact) mass is 429 g/mol. The second-order valence-electron chi connectivity index (χ2n) is 7.83. The van der Waals surface area contributed by atoms with Gasteiger partial charge in [-0.25, -0.2) is 0 Å². The number of carbonyl (C=O) groups is 1. The van der Waals surface area contributed by atoms with Crippen LogP contribution in [0.4, 0.5) is 5.69 Å². The molecule has 0 aliphatic heterocycles. The molecule has 7 N–H and O–H groups in total. The van der Waals surface area contributed by atoms with Crippen LogP contribution in [0.3, 0.4) is 0 Å². The van der Waals surface area contributed by atoms with Crippen LogP contribution in [0.1, 0.15) is 43.7 Å². The minimum atomic E-state index is -0.750. The molecule has 0 saturated heterocycles. The highest BCUT2D eigenvalue weighted by atomic mass is 16.5. The van der Waals surface area contributed by atoms with Crippen molar-refractivity contribution in [2.75, 3.05) is 19.3 Å². The van der Waals surface area contributed by atoms with E-state index in [1.807, 2.05) is 30.3 Å². The van der Waals surface area contributed by atoms with Crippen molar-refractivity contribution in [3.63, 3.8) is 0 Å². The molecule has 1 amide bonds. The Balaban J connectivity index is 0.000000525. The quantitative estimate of drug-likeness (QED) is 0.245. The van der Waals surface area contributed by atoms with Gasteiger partial charge in [-0.15, -0.1) is 0 Å². The number of methoxy groups -OCH3 is 1. The smallest absolute Gasteiger partial charge is 0.248 e. The highest BCUT2D eigenvalue weighted by Crippen LogP contribution is 2.27. The number of rotatable bonds is 3. The Morgan fingerprint density at radius 2 is 1.74 bits per heavy atom. The fraction of sp³-hybridized carbons (Fsp3) is 0.292. The first-order valence-electron chi connectivity index (χ1n) is 9.75. The molecule has 170 valence electrons. The molecule has 0 aromatic heterocycles. The predicted molar refractivity (Wildman–Crippen MR) is 128 cm³/mol. The van der Waals surface area contributed by atoms with Gasteiger partial charge in [0.25, 0.3) is 0 Å². The molecule has 0 saturated carbocycles. The van der Waals surface area contributed by atoms with E-state index < -0.39 is 12.7 Å². The van der Waals surface area contributed by atoms with Crippen molar-refractivity contribution in [3.8, 4) is 5.75 Å². The zero-order chi connectivity index (χ0) is 23.6. The van der Waals surface area contributed by atoms with Gasteiger partial charge in [-0.3, -0.25) is 10.6 Å². The van der Waals surface area contributed by atoms with Gasteiger partial charge in [-0.1, -0.05) is 51.1 Å². The van der Waals surface area contributed by atoms with Gasteiger partial charge in [0.1, 0.15) is 12.5 Å². The molecule has 0 spiro atoms. The normalized spacial score (nSPS) is 10.3. The molecule has 0 atom stereocenters. The van der Waals surface area contributed by atoms with Crippen LogP contribution in [-0.4, -0.2) is 30.0 Å². The number of fused-ring (bicyclic) bond motifs is 1. The number of anilines is 1. The molecule has 3 rings (SSSR count). The number of hydrogen-bond acceptors (Lipinski definition) is 6. The van der Waals surface area contributed by atoms with E-state index in [2.05, 4.69) is 45.3 Å². The van der Waals surface area contributed by atoms with Gasteiger partial charge in [0.15, 0.2) is 0 Å². The maximum atomic E-state index is 11.0. The Labute approximate surface area is 185 Å². The summed E-state index contributed by atoms with van der Waals surface area (Å²) in [6.07, 6.45) is 0. The fourth-order valence-electron chi connectivity index (χ4n) is 2.91.